The van der Waals surface area contributed by atoms with E-state index in [4.69, 9.17) is 0 Å². The third-order valence-electron chi connectivity index (χ3n) is 6.91. The molecular formula is C27H38N4O3S. The van der Waals surface area contributed by atoms with Crippen LogP contribution in [0.5, 0.6) is 0 Å². The van der Waals surface area contributed by atoms with Crippen LogP contribution in [0.25, 0.3) is 0 Å². The molecule has 8 heteroatoms. The Hall–Kier alpha value is -2.26. The lowest BCUT2D eigenvalue weighted by atomic mass is 9.94. The number of rotatable bonds is 7. The van der Waals surface area contributed by atoms with Gasteiger partial charge in [0.1, 0.15) is 0 Å². The maximum atomic E-state index is 13.1. The molecule has 2 atom stereocenters. The third-order valence-corrected chi connectivity index (χ3v) is 8.75. The molecule has 35 heavy (non-hydrogen) atoms. The molecule has 0 aromatic heterocycles. The minimum absolute atomic E-state index is 0.0733. The SMILES string of the molecule is CC1CC(C)CN(S(=O)(=O)c2ccc(NC(=O)CN3CCCN(Cc4ccccc4)CC3)cc2)C1. The van der Waals surface area contributed by atoms with Gasteiger partial charge in [0, 0.05) is 38.4 Å². The minimum Gasteiger partial charge on any atom is -0.325 e. The minimum atomic E-state index is -3.52. The summed E-state index contributed by atoms with van der Waals surface area (Å²) in [6.07, 6.45) is 2.08. The Bertz CT molecular complexity index is 1070. The molecule has 2 heterocycles. The number of carbonyl (C=O) groups excluding carboxylic acids is 1. The maximum absolute atomic E-state index is 13.1. The number of amides is 1. The van der Waals surface area contributed by atoms with Gasteiger partial charge in [0.15, 0.2) is 0 Å². The maximum Gasteiger partial charge on any atom is 0.243 e. The van der Waals surface area contributed by atoms with Crippen LogP contribution >= 0.6 is 0 Å². The molecule has 2 aliphatic heterocycles. The van der Waals surface area contributed by atoms with Crippen molar-refractivity contribution in [3.8, 4) is 0 Å². The van der Waals surface area contributed by atoms with Crippen LogP contribution in [0, 0.1) is 11.8 Å². The Morgan fingerprint density at radius 1 is 0.886 bits per heavy atom. The number of nitrogens with zero attached hydrogens (tertiary/aromatic N) is 3. The molecule has 1 N–H and O–H groups in total. The molecule has 4 rings (SSSR count). The van der Waals surface area contributed by atoms with Crippen LogP contribution in [0.4, 0.5) is 5.69 Å². The van der Waals surface area contributed by atoms with Gasteiger partial charge in [0.2, 0.25) is 15.9 Å². The molecular weight excluding hydrogens is 460 g/mol. The zero-order valence-corrected chi connectivity index (χ0v) is 21.7. The first-order chi connectivity index (χ1) is 16.8. The quantitative estimate of drug-likeness (QED) is 0.633. The summed E-state index contributed by atoms with van der Waals surface area (Å²) in [5.74, 6) is 0.642. The van der Waals surface area contributed by atoms with Crippen LogP contribution < -0.4 is 5.32 Å². The van der Waals surface area contributed by atoms with Gasteiger partial charge in [-0.2, -0.15) is 4.31 Å². The number of benzene rings is 2. The summed E-state index contributed by atoms with van der Waals surface area (Å²) in [6.45, 7) is 10.3. The number of sulfonamides is 1. The van der Waals surface area contributed by atoms with E-state index in [1.165, 1.54) is 5.56 Å². The van der Waals surface area contributed by atoms with Crippen LogP contribution in [-0.2, 0) is 21.4 Å². The molecule has 2 aliphatic rings. The fraction of sp³-hybridized carbons (Fsp3) is 0.519. The fourth-order valence-electron chi connectivity index (χ4n) is 5.25. The Labute approximate surface area is 210 Å². The highest BCUT2D eigenvalue weighted by atomic mass is 32.2. The van der Waals surface area contributed by atoms with E-state index in [1.807, 2.05) is 6.07 Å². The zero-order chi connectivity index (χ0) is 24.8. The molecule has 190 valence electrons. The first-order valence-corrected chi connectivity index (χ1v) is 14.1. The van der Waals surface area contributed by atoms with E-state index in [0.717, 1.165) is 45.6 Å². The van der Waals surface area contributed by atoms with Crippen LogP contribution in [0.3, 0.4) is 0 Å². The third kappa shape index (κ3) is 7.13. The summed E-state index contributed by atoms with van der Waals surface area (Å²) in [5, 5.41) is 2.93. The summed E-state index contributed by atoms with van der Waals surface area (Å²) in [5.41, 5.74) is 1.93. The first-order valence-electron chi connectivity index (χ1n) is 12.7. The second-order valence-electron chi connectivity index (χ2n) is 10.2. The van der Waals surface area contributed by atoms with E-state index >= 15 is 0 Å². The highest BCUT2D eigenvalue weighted by Gasteiger charge is 2.31. The average Bonchev–Trinajstić information content (AvgIpc) is 3.04. The van der Waals surface area contributed by atoms with E-state index < -0.39 is 10.0 Å². The monoisotopic (exact) mass is 498 g/mol. The number of hydrogen-bond donors (Lipinski definition) is 1. The van der Waals surface area contributed by atoms with Crippen molar-refractivity contribution in [2.75, 3.05) is 51.1 Å². The summed E-state index contributed by atoms with van der Waals surface area (Å²) < 4.78 is 27.8. The molecule has 2 saturated heterocycles. The highest BCUT2D eigenvalue weighted by molar-refractivity contribution is 7.89. The van der Waals surface area contributed by atoms with Gasteiger partial charge in [-0.05, 0) is 67.6 Å². The van der Waals surface area contributed by atoms with Gasteiger partial charge < -0.3 is 5.32 Å². The van der Waals surface area contributed by atoms with Crippen molar-refractivity contribution < 1.29 is 13.2 Å². The van der Waals surface area contributed by atoms with Crippen molar-refractivity contribution in [2.45, 2.75) is 38.1 Å². The van der Waals surface area contributed by atoms with E-state index in [9.17, 15) is 13.2 Å². The average molecular weight is 499 g/mol. The Morgan fingerprint density at radius 3 is 2.20 bits per heavy atom. The molecule has 0 bridgehead atoms. The van der Waals surface area contributed by atoms with Crippen molar-refractivity contribution in [2.24, 2.45) is 11.8 Å². The Kier molecular flexibility index (Phi) is 8.59. The van der Waals surface area contributed by atoms with Crippen molar-refractivity contribution in [1.29, 1.82) is 0 Å². The topological polar surface area (TPSA) is 73.0 Å². The van der Waals surface area contributed by atoms with Gasteiger partial charge in [-0.15, -0.1) is 0 Å². The van der Waals surface area contributed by atoms with Crippen molar-refractivity contribution in [1.82, 2.24) is 14.1 Å². The smallest absolute Gasteiger partial charge is 0.243 e. The highest BCUT2D eigenvalue weighted by Crippen LogP contribution is 2.27. The molecule has 7 nitrogen and oxygen atoms in total. The lowest BCUT2D eigenvalue weighted by Gasteiger charge is -2.34. The van der Waals surface area contributed by atoms with Crippen LogP contribution in [0.1, 0.15) is 32.3 Å². The van der Waals surface area contributed by atoms with Crippen LogP contribution in [0.2, 0.25) is 0 Å². The van der Waals surface area contributed by atoms with Gasteiger partial charge in [0.05, 0.1) is 11.4 Å². The number of anilines is 1. The van der Waals surface area contributed by atoms with Gasteiger partial charge in [0.25, 0.3) is 0 Å². The van der Waals surface area contributed by atoms with E-state index in [2.05, 4.69) is 53.2 Å². The number of hydrogen-bond acceptors (Lipinski definition) is 5. The molecule has 0 saturated carbocycles. The molecule has 0 aliphatic carbocycles. The Morgan fingerprint density at radius 2 is 1.51 bits per heavy atom. The summed E-state index contributed by atoms with van der Waals surface area (Å²) in [6, 6.07) is 17.1. The predicted octanol–water partition coefficient (Wildman–Crippen LogP) is 3.50. The van der Waals surface area contributed by atoms with Crippen molar-refractivity contribution >= 4 is 21.6 Å². The predicted molar refractivity (Wildman–Crippen MR) is 140 cm³/mol. The van der Waals surface area contributed by atoms with E-state index in [-0.39, 0.29) is 10.8 Å². The lowest BCUT2D eigenvalue weighted by molar-refractivity contribution is -0.117. The molecule has 2 aromatic rings. The normalized spacial score (nSPS) is 23.0. The van der Waals surface area contributed by atoms with Gasteiger partial charge in [-0.1, -0.05) is 44.2 Å². The summed E-state index contributed by atoms with van der Waals surface area (Å²) in [4.78, 5) is 17.6. The molecule has 0 spiro atoms. The molecule has 2 fully saturated rings. The van der Waals surface area contributed by atoms with Gasteiger partial charge in [-0.25, -0.2) is 8.42 Å². The molecule has 0 radical (unpaired) electrons. The van der Waals surface area contributed by atoms with Crippen molar-refractivity contribution in [3.05, 3.63) is 60.2 Å². The summed E-state index contributed by atoms with van der Waals surface area (Å²) >= 11 is 0. The van der Waals surface area contributed by atoms with Crippen LogP contribution in [-0.4, -0.2) is 74.2 Å². The van der Waals surface area contributed by atoms with E-state index in [0.29, 0.717) is 37.2 Å². The lowest BCUT2D eigenvalue weighted by Crippen LogP contribution is -2.42. The molecule has 2 unspecified atom stereocenters. The first kappa shape index (κ1) is 25.8. The fourth-order valence-corrected chi connectivity index (χ4v) is 6.93. The van der Waals surface area contributed by atoms with E-state index in [1.54, 1.807) is 28.6 Å². The van der Waals surface area contributed by atoms with Gasteiger partial charge >= 0.3 is 0 Å². The number of nitrogens with one attached hydrogen (secondary N) is 1. The number of piperidine rings is 1. The number of carbonyl (C=O) groups is 1. The largest absolute Gasteiger partial charge is 0.325 e. The van der Waals surface area contributed by atoms with Gasteiger partial charge in [-0.3, -0.25) is 14.6 Å². The van der Waals surface area contributed by atoms with Crippen molar-refractivity contribution in [3.63, 3.8) is 0 Å². The second kappa shape index (κ2) is 11.6. The summed E-state index contributed by atoms with van der Waals surface area (Å²) in [7, 11) is -3.52. The Balaban J connectivity index is 1.28. The molecule has 2 aromatic carbocycles. The standard InChI is InChI=1S/C27H38N4O3S/c1-22-17-23(2)19-31(18-22)35(33,34)26-11-9-25(10-12-26)28-27(32)21-30-14-6-13-29(15-16-30)20-24-7-4-3-5-8-24/h3-5,7-12,22-23H,6,13-21H2,1-2H3,(H,28,32). The second-order valence-corrected chi connectivity index (χ2v) is 12.2. The van der Waals surface area contributed by atoms with Crippen LogP contribution in [0.15, 0.2) is 59.5 Å². The molecule has 1 amide bonds. The zero-order valence-electron chi connectivity index (χ0n) is 20.9.